The molecule has 2 saturated carbocycles. The summed E-state index contributed by atoms with van der Waals surface area (Å²) in [7, 11) is 0. The molecule has 0 amide bonds. The lowest BCUT2D eigenvalue weighted by Crippen LogP contribution is -2.42. The van der Waals surface area contributed by atoms with E-state index in [0.29, 0.717) is 6.10 Å². The number of rotatable bonds is 3. The fourth-order valence-corrected chi connectivity index (χ4v) is 2.74. The largest absolute Gasteiger partial charge is 0.376 e. The molecule has 2 nitrogen and oxygen atoms in total. The monoisotopic (exact) mass is 197 g/mol. The van der Waals surface area contributed by atoms with Gasteiger partial charge in [0.2, 0.25) is 0 Å². The maximum absolute atomic E-state index is 6.25. The first-order valence-electron chi connectivity index (χ1n) is 6.19. The minimum atomic E-state index is 0.0252. The Bertz CT molecular complexity index is 169. The Morgan fingerprint density at radius 2 is 1.64 bits per heavy atom. The first kappa shape index (κ1) is 10.4. The van der Waals surface area contributed by atoms with Crippen LogP contribution in [0.2, 0.25) is 0 Å². The quantitative estimate of drug-likeness (QED) is 0.754. The van der Waals surface area contributed by atoms with Crippen molar-refractivity contribution in [2.24, 2.45) is 5.73 Å². The van der Waals surface area contributed by atoms with Gasteiger partial charge in [0.15, 0.2) is 0 Å². The predicted molar refractivity (Wildman–Crippen MR) is 58.2 cm³/mol. The van der Waals surface area contributed by atoms with Gasteiger partial charge in [0.05, 0.1) is 12.7 Å². The fraction of sp³-hybridized carbons (Fsp3) is 1.00. The molecule has 2 fully saturated rings. The third-order valence-corrected chi connectivity index (χ3v) is 3.76. The Hall–Kier alpha value is -0.0800. The molecule has 2 heteroatoms. The van der Waals surface area contributed by atoms with Gasteiger partial charge in [-0.1, -0.05) is 32.1 Å². The summed E-state index contributed by atoms with van der Waals surface area (Å²) in [4.78, 5) is 0. The molecule has 82 valence electrons. The zero-order chi connectivity index (χ0) is 9.86. The smallest absolute Gasteiger partial charge is 0.0649 e. The van der Waals surface area contributed by atoms with Gasteiger partial charge in [-0.25, -0.2) is 0 Å². The number of ether oxygens (including phenoxy) is 1. The van der Waals surface area contributed by atoms with Crippen LogP contribution in [0.25, 0.3) is 0 Å². The van der Waals surface area contributed by atoms with Crippen molar-refractivity contribution in [3.8, 4) is 0 Å². The predicted octanol–water partition coefficient (Wildman–Crippen LogP) is 2.61. The molecule has 0 radical (unpaired) electrons. The molecule has 0 atom stereocenters. The molecule has 2 rings (SSSR count). The maximum Gasteiger partial charge on any atom is 0.0649 e. The second kappa shape index (κ2) is 4.63. The molecule has 0 saturated heterocycles. The van der Waals surface area contributed by atoms with E-state index in [1.165, 1.54) is 57.8 Å². The Labute approximate surface area is 87.2 Å². The lowest BCUT2D eigenvalue weighted by molar-refractivity contribution is 0.00103. The summed E-state index contributed by atoms with van der Waals surface area (Å²) >= 11 is 0. The molecular formula is C12H23NO. The summed E-state index contributed by atoms with van der Waals surface area (Å²) in [5.74, 6) is 0. The van der Waals surface area contributed by atoms with E-state index in [2.05, 4.69) is 0 Å². The minimum absolute atomic E-state index is 0.0252. The molecule has 2 aliphatic rings. The molecule has 2 aliphatic carbocycles. The SMILES string of the molecule is NC1(COC2CCCCC2)CCCC1. The Morgan fingerprint density at radius 1 is 1.00 bits per heavy atom. The van der Waals surface area contributed by atoms with Gasteiger partial charge in [0.25, 0.3) is 0 Å². The summed E-state index contributed by atoms with van der Waals surface area (Å²) in [6, 6.07) is 0. The fourth-order valence-electron chi connectivity index (χ4n) is 2.74. The van der Waals surface area contributed by atoms with Crippen molar-refractivity contribution >= 4 is 0 Å². The van der Waals surface area contributed by atoms with Crippen LogP contribution in [0.15, 0.2) is 0 Å². The number of nitrogens with two attached hydrogens (primary N) is 1. The standard InChI is InChI=1S/C12H23NO/c13-12(8-4-5-9-12)10-14-11-6-2-1-3-7-11/h11H,1-10,13H2. The maximum atomic E-state index is 6.25. The molecule has 2 N–H and O–H groups in total. The zero-order valence-electron chi connectivity index (χ0n) is 9.13. The van der Waals surface area contributed by atoms with Gasteiger partial charge in [-0.15, -0.1) is 0 Å². The highest BCUT2D eigenvalue weighted by Gasteiger charge is 2.30. The van der Waals surface area contributed by atoms with E-state index in [9.17, 15) is 0 Å². The van der Waals surface area contributed by atoms with Gasteiger partial charge in [-0.3, -0.25) is 0 Å². The van der Waals surface area contributed by atoms with Crippen LogP contribution in [0, 0.1) is 0 Å². The van der Waals surface area contributed by atoms with Crippen LogP contribution < -0.4 is 5.73 Å². The third kappa shape index (κ3) is 2.71. The molecule has 0 aromatic carbocycles. The van der Waals surface area contributed by atoms with Crippen LogP contribution in [-0.2, 0) is 4.74 Å². The lowest BCUT2D eigenvalue weighted by atomic mass is 9.96. The highest BCUT2D eigenvalue weighted by molar-refractivity contribution is 4.89. The van der Waals surface area contributed by atoms with Gasteiger partial charge in [-0.2, -0.15) is 0 Å². The van der Waals surface area contributed by atoms with E-state index < -0.39 is 0 Å². The zero-order valence-corrected chi connectivity index (χ0v) is 9.13. The number of hydrogen-bond donors (Lipinski definition) is 1. The van der Waals surface area contributed by atoms with Gasteiger partial charge < -0.3 is 10.5 Å². The Morgan fingerprint density at radius 3 is 2.29 bits per heavy atom. The molecule has 0 aromatic heterocycles. The lowest BCUT2D eigenvalue weighted by Gasteiger charge is -2.28. The second-order valence-corrected chi connectivity index (χ2v) is 5.14. The van der Waals surface area contributed by atoms with Crippen LogP contribution in [0.4, 0.5) is 0 Å². The van der Waals surface area contributed by atoms with Gasteiger partial charge in [0, 0.05) is 5.54 Å². The van der Waals surface area contributed by atoms with Crippen LogP contribution in [-0.4, -0.2) is 18.2 Å². The summed E-state index contributed by atoms with van der Waals surface area (Å²) in [6.45, 7) is 0.803. The van der Waals surface area contributed by atoms with Crippen molar-refractivity contribution in [2.45, 2.75) is 69.4 Å². The topological polar surface area (TPSA) is 35.2 Å². The third-order valence-electron chi connectivity index (χ3n) is 3.76. The molecule has 0 spiro atoms. The Kier molecular flexibility index (Phi) is 3.45. The first-order chi connectivity index (χ1) is 6.79. The van der Waals surface area contributed by atoms with Crippen LogP contribution in [0.3, 0.4) is 0 Å². The van der Waals surface area contributed by atoms with E-state index in [4.69, 9.17) is 10.5 Å². The van der Waals surface area contributed by atoms with E-state index >= 15 is 0 Å². The van der Waals surface area contributed by atoms with E-state index in [1.54, 1.807) is 0 Å². The highest BCUT2D eigenvalue weighted by Crippen LogP contribution is 2.29. The summed E-state index contributed by atoms with van der Waals surface area (Å²) in [6.07, 6.45) is 12.1. The summed E-state index contributed by atoms with van der Waals surface area (Å²) < 4.78 is 5.94. The minimum Gasteiger partial charge on any atom is -0.376 e. The Balaban J connectivity index is 1.70. The van der Waals surface area contributed by atoms with Gasteiger partial charge in [-0.05, 0) is 25.7 Å². The summed E-state index contributed by atoms with van der Waals surface area (Å²) in [5, 5.41) is 0. The van der Waals surface area contributed by atoms with E-state index in [-0.39, 0.29) is 5.54 Å². The molecule has 0 aliphatic heterocycles. The molecule has 0 unspecified atom stereocenters. The second-order valence-electron chi connectivity index (χ2n) is 5.14. The molecule has 0 heterocycles. The molecule has 0 bridgehead atoms. The van der Waals surface area contributed by atoms with Crippen LogP contribution in [0.1, 0.15) is 57.8 Å². The van der Waals surface area contributed by atoms with Gasteiger partial charge >= 0.3 is 0 Å². The van der Waals surface area contributed by atoms with Crippen molar-refractivity contribution in [1.82, 2.24) is 0 Å². The van der Waals surface area contributed by atoms with E-state index in [1.807, 2.05) is 0 Å². The molecule has 14 heavy (non-hydrogen) atoms. The first-order valence-corrected chi connectivity index (χ1v) is 6.19. The van der Waals surface area contributed by atoms with Crippen molar-refractivity contribution in [1.29, 1.82) is 0 Å². The van der Waals surface area contributed by atoms with Crippen molar-refractivity contribution in [3.63, 3.8) is 0 Å². The van der Waals surface area contributed by atoms with Crippen LogP contribution in [0.5, 0.6) is 0 Å². The van der Waals surface area contributed by atoms with E-state index in [0.717, 1.165) is 6.61 Å². The van der Waals surface area contributed by atoms with Gasteiger partial charge in [0.1, 0.15) is 0 Å². The average Bonchev–Trinajstić information content (AvgIpc) is 2.65. The highest BCUT2D eigenvalue weighted by atomic mass is 16.5. The molecule has 0 aromatic rings. The number of hydrogen-bond acceptors (Lipinski definition) is 2. The van der Waals surface area contributed by atoms with Crippen LogP contribution >= 0.6 is 0 Å². The normalized spacial score (nSPS) is 28.1. The van der Waals surface area contributed by atoms with Crippen molar-refractivity contribution in [3.05, 3.63) is 0 Å². The van der Waals surface area contributed by atoms with Crippen molar-refractivity contribution < 1.29 is 4.74 Å². The van der Waals surface area contributed by atoms with Crippen molar-refractivity contribution in [2.75, 3.05) is 6.61 Å². The average molecular weight is 197 g/mol. The summed E-state index contributed by atoms with van der Waals surface area (Å²) in [5.41, 5.74) is 6.28. The molecular weight excluding hydrogens is 174 g/mol.